The summed E-state index contributed by atoms with van der Waals surface area (Å²) in [7, 11) is -2.86. The topological polar surface area (TPSA) is 83.5 Å². The second kappa shape index (κ2) is 5.63. The van der Waals surface area contributed by atoms with E-state index in [1.807, 2.05) is 0 Å². The highest BCUT2D eigenvalue weighted by Crippen LogP contribution is 2.17. The van der Waals surface area contributed by atoms with Crippen LogP contribution in [0.4, 0.5) is 0 Å². The van der Waals surface area contributed by atoms with Gasteiger partial charge < -0.3 is 10.4 Å². The lowest BCUT2D eigenvalue weighted by Gasteiger charge is -2.10. The van der Waals surface area contributed by atoms with Crippen LogP contribution in [0.1, 0.15) is 26.2 Å². The normalized spacial score (nSPS) is 25.2. The number of hydrogen-bond donors (Lipinski definition) is 2. The predicted octanol–water partition coefficient (Wildman–Crippen LogP) is -0.302. The van der Waals surface area contributed by atoms with Crippen molar-refractivity contribution in [3.05, 3.63) is 0 Å². The molecule has 16 heavy (non-hydrogen) atoms. The van der Waals surface area contributed by atoms with Crippen LogP contribution in [0.3, 0.4) is 0 Å². The van der Waals surface area contributed by atoms with E-state index in [2.05, 4.69) is 5.32 Å². The van der Waals surface area contributed by atoms with Gasteiger partial charge in [-0.3, -0.25) is 4.79 Å². The lowest BCUT2D eigenvalue weighted by molar-refractivity contribution is -0.121. The lowest BCUT2D eigenvalue weighted by Crippen LogP contribution is -2.30. The molecular formula is C10H19NO4S. The summed E-state index contributed by atoms with van der Waals surface area (Å²) in [5, 5.41) is 11.7. The fourth-order valence-corrected chi connectivity index (χ4v) is 3.58. The van der Waals surface area contributed by atoms with Gasteiger partial charge in [0.2, 0.25) is 5.91 Å². The number of hydrogen-bond acceptors (Lipinski definition) is 4. The van der Waals surface area contributed by atoms with Crippen molar-refractivity contribution in [2.24, 2.45) is 5.92 Å². The molecule has 5 nitrogen and oxygen atoms in total. The zero-order chi connectivity index (χ0) is 12.2. The maximum Gasteiger partial charge on any atom is 0.220 e. The van der Waals surface area contributed by atoms with Crippen LogP contribution in [0, 0.1) is 5.92 Å². The summed E-state index contributed by atoms with van der Waals surface area (Å²) in [4.78, 5) is 11.3. The van der Waals surface area contributed by atoms with Crippen molar-refractivity contribution >= 4 is 15.7 Å². The number of aliphatic hydroxyl groups excluding tert-OH is 1. The molecular weight excluding hydrogens is 230 g/mol. The van der Waals surface area contributed by atoms with Crippen LogP contribution < -0.4 is 5.32 Å². The van der Waals surface area contributed by atoms with E-state index >= 15 is 0 Å². The summed E-state index contributed by atoms with van der Waals surface area (Å²) in [6, 6.07) is 0. The zero-order valence-corrected chi connectivity index (χ0v) is 10.3. The molecule has 0 aromatic carbocycles. The van der Waals surface area contributed by atoms with Crippen molar-refractivity contribution in [1.82, 2.24) is 5.32 Å². The van der Waals surface area contributed by atoms with Crippen LogP contribution in [0.5, 0.6) is 0 Å². The quantitative estimate of drug-likeness (QED) is 0.700. The fourth-order valence-electron chi connectivity index (χ4n) is 1.72. The Morgan fingerprint density at radius 1 is 1.56 bits per heavy atom. The van der Waals surface area contributed by atoms with E-state index in [-0.39, 0.29) is 29.8 Å². The first kappa shape index (κ1) is 13.4. The molecule has 1 aliphatic heterocycles. The van der Waals surface area contributed by atoms with E-state index in [0.717, 1.165) is 0 Å². The molecule has 1 rings (SSSR count). The summed E-state index contributed by atoms with van der Waals surface area (Å²) in [6.07, 6.45) is 0.892. The maximum absolute atomic E-state index is 11.3. The third-order valence-corrected chi connectivity index (χ3v) is 4.54. The highest BCUT2D eigenvalue weighted by Gasteiger charge is 2.27. The number of aliphatic hydroxyl groups is 1. The molecule has 1 heterocycles. The second-order valence-corrected chi connectivity index (χ2v) is 6.69. The Balaban J connectivity index is 2.18. The van der Waals surface area contributed by atoms with Crippen molar-refractivity contribution < 1.29 is 18.3 Å². The molecule has 1 saturated heterocycles. The van der Waals surface area contributed by atoms with Crippen molar-refractivity contribution in [1.29, 1.82) is 0 Å². The minimum Gasteiger partial charge on any atom is -0.393 e. The van der Waals surface area contributed by atoms with E-state index in [9.17, 15) is 13.2 Å². The van der Waals surface area contributed by atoms with Crippen molar-refractivity contribution in [3.63, 3.8) is 0 Å². The van der Waals surface area contributed by atoms with Gasteiger partial charge >= 0.3 is 0 Å². The SMILES string of the molecule is CC(O)CCC(=O)NCC1CCS(=O)(=O)C1. The third kappa shape index (κ3) is 4.94. The Labute approximate surface area is 96.1 Å². The Kier molecular flexibility index (Phi) is 4.73. The summed E-state index contributed by atoms with van der Waals surface area (Å²) in [5.74, 6) is 0.357. The Hall–Kier alpha value is -0.620. The summed E-state index contributed by atoms with van der Waals surface area (Å²) >= 11 is 0. The van der Waals surface area contributed by atoms with Gasteiger partial charge in [0, 0.05) is 13.0 Å². The van der Waals surface area contributed by atoms with Gasteiger partial charge in [0.25, 0.3) is 0 Å². The molecule has 0 bridgehead atoms. The van der Waals surface area contributed by atoms with Crippen LogP contribution in [0.15, 0.2) is 0 Å². The first-order chi connectivity index (χ1) is 7.39. The van der Waals surface area contributed by atoms with E-state index in [1.165, 1.54) is 0 Å². The molecule has 2 N–H and O–H groups in total. The highest BCUT2D eigenvalue weighted by atomic mass is 32.2. The molecule has 0 aromatic heterocycles. The summed E-state index contributed by atoms with van der Waals surface area (Å²) < 4.78 is 22.3. The fraction of sp³-hybridized carbons (Fsp3) is 0.900. The van der Waals surface area contributed by atoms with Crippen LogP contribution in [0.2, 0.25) is 0 Å². The standard InChI is InChI=1S/C10H19NO4S/c1-8(12)2-3-10(13)11-6-9-4-5-16(14,15)7-9/h8-9,12H,2-7H2,1H3,(H,11,13). The first-order valence-electron chi connectivity index (χ1n) is 5.54. The number of rotatable bonds is 5. The van der Waals surface area contributed by atoms with Gasteiger partial charge in [0.1, 0.15) is 0 Å². The van der Waals surface area contributed by atoms with E-state index in [0.29, 0.717) is 19.4 Å². The number of nitrogens with one attached hydrogen (secondary N) is 1. The molecule has 0 spiro atoms. The smallest absolute Gasteiger partial charge is 0.220 e. The molecule has 0 saturated carbocycles. The van der Waals surface area contributed by atoms with E-state index in [4.69, 9.17) is 5.11 Å². The van der Waals surface area contributed by atoms with Gasteiger partial charge in [-0.25, -0.2) is 8.42 Å². The minimum atomic E-state index is -2.86. The monoisotopic (exact) mass is 249 g/mol. The Bertz CT molecular complexity index is 337. The van der Waals surface area contributed by atoms with Crippen molar-refractivity contribution in [2.45, 2.75) is 32.3 Å². The van der Waals surface area contributed by atoms with Crippen LogP contribution >= 0.6 is 0 Å². The van der Waals surface area contributed by atoms with Gasteiger partial charge in [0.05, 0.1) is 17.6 Å². The lowest BCUT2D eigenvalue weighted by atomic mass is 10.1. The summed E-state index contributed by atoms with van der Waals surface area (Å²) in [6.45, 7) is 2.06. The average Bonchev–Trinajstić information content (AvgIpc) is 2.52. The molecule has 0 radical (unpaired) electrons. The number of carbonyl (C=O) groups is 1. The van der Waals surface area contributed by atoms with Gasteiger partial charge in [-0.15, -0.1) is 0 Å². The zero-order valence-electron chi connectivity index (χ0n) is 9.48. The first-order valence-corrected chi connectivity index (χ1v) is 7.36. The van der Waals surface area contributed by atoms with Crippen molar-refractivity contribution in [2.75, 3.05) is 18.1 Å². The van der Waals surface area contributed by atoms with Gasteiger partial charge in [-0.1, -0.05) is 0 Å². The van der Waals surface area contributed by atoms with E-state index in [1.54, 1.807) is 6.92 Å². The van der Waals surface area contributed by atoms with E-state index < -0.39 is 15.9 Å². The van der Waals surface area contributed by atoms with Crippen molar-refractivity contribution in [3.8, 4) is 0 Å². The number of sulfone groups is 1. The van der Waals surface area contributed by atoms with Crippen LogP contribution in [-0.2, 0) is 14.6 Å². The predicted molar refractivity (Wildman–Crippen MR) is 60.7 cm³/mol. The Morgan fingerprint density at radius 2 is 2.25 bits per heavy atom. The molecule has 0 aromatic rings. The maximum atomic E-state index is 11.3. The van der Waals surface area contributed by atoms with Crippen LogP contribution in [0.25, 0.3) is 0 Å². The third-order valence-electron chi connectivity index (χ3n) is 2.70. The van der Waals surface area contributed by atoms with Gasteiger partial charge in [0.15, 0.2) is 9.84 Å². The second-order valence-electron chi connectivity index (χ2n) is 4.46. The number of carbonyl (C=O) groups excluding carboxylic acids is 1. The Morgan fingerprint density at radius 3 is 2.75 bits per heavy atom. The largest absolute Gasteiger partial charge is 0.393 e. The highest BCUT2D eigenvalue weighted by molar-refractivity contribution is 7.91. The summed E-state index contributed by atoms with van der Waals surface area (Å²) in [5.41, 5.74) is 0. The van der Waals surface area contributed by atoms with Gasteiger partial charge in [-0.05, 0) is 25.7 Å². The number of amides is 1. The molecule has 2 unspecified atom stereocenters. The minimum absolute atomic E-state index is 0.0560. The average molecular weight is 249 g/mol. The van der Waals surface area contributed by atoms with Gasteiger partial charge in [-0.2, -0.15) is 0 Å². The molecule has 0 aliphatic carbocycles. The van der Waals surface area contributed by atoms with Crippen LogP contribution in [-0.4, -0.2) is 43.6 Å². The molecule has 2 atom stereocenters. The molecule has 1 aliphatic rings. The molecule has 1 amide bonds. The molecule has 94 valence electrons. The molecule has 1 fully saturated rings. The molecule has 6 heteroatoms.